The van der Waals surface area contributed by atoms with Gasteiger partial charge < -0.3 is 15.2 Å². The Morgan fingerprint density at radius 3 is 2.43 bits per heavy atom. The molecule has 4 N–H and O–H groups in total. The molecule has 0 aromatic heterocycles. The van der Waals surface area contributed by atoms with Crippen molar-refractivity contribution in [2.75, 3.05) is 6.61 Å². The summed E-state index contributed by atoms with van der Waals surface area (Å²) >= 11 is 6.41. The van der Waals surface area contributed by atoms with Crippen LogP contribution in [0.25, 0.3) is 0 Å². The van der Waals surface area contributed by atoms with Crippen LogP contribution >= 0.6 is 11.6 Å². The number of primary sulfonamides is 1. The quantitative estimate of drug-likeness (QED) is 0.292. The lowest BCUT2D eigenvalue weighted by Crippen LogP contribution is -2.50. The highest BCUT2D eigenvalue weighted by Gasteiger charge is 2.45. The number of amides is 1. The van der Waals surface area contributed by atoms with Crippen molar-refractivity contribution in [2.45, 2.75) is 76.2 Å². The Bertz CT molecular complexity index is 1270. The Morgan fingerprint density at radius 2 is 1.81 bits per heavy atom. The van der Waals surface area contributed by atoms with Crippen LogP contribution in [-0.4, -0.2) is 32.5 Å². The predicted octanol–water partition coefficient (Wildman–Crippen LogP) is 5.18. The van der Waals surface area contributed by atoms with E-state index in [1.165, 1.54) is 6.07 Å². The zero-order chi connectivity index (χ0) is 27.4. The van der Waals surface area contributed by atoms with Crippen molar-refractivity contribution >= 4 is 33.5 Å². The Hall–Kier alpha value is -2.62. The van der Waals surface area contributed by atoms with Crippen LogP contribution in [0.2, 0.25) is 5.02 Å². The number of unbranched alkanes of at least 4 members (excludes halogenated alkanes) is 2. The highest BCUT2D eigenvalue weighted by Crippen LogP contribution is 2.42. The van der Waals surface area contributed by atoms with E-state index >= 15 is 0 Å². The second-order valence-corrected chi connectivity index (χ2v) is 12.5. The minimum Gasteiger partial charge on any atom is -0.492 e. The van der Waals surface area contributed by atoms with Gasteiger partial charge in [-0.2, -0.15) is 0 Å². The summed E-state index contributed by atoms with van der Waals surface area (Å²) < 4.78 is 35.2. The highest BCUT2D eigenvalue weighted by atomic mass is 35.5. The van der Waals surface area contributed by atoms with E-state index in [0.717, 1.165) is 5.56 Å². The third-order valence-corrected chi connectivity index (χ3v) is 8.24. The second-order valence-electron chi connectivity index (χ2n) is 10.5. The Kier molecular flexibility index (Phi) is 8.93. The molecule has 1 unspecified atom stereocenters. The van der Waals surface area contributed by atoms with Gasteiger partial charge in [-0.05, 0) is 48.6 Å². The first kappa shape index (κ1) is 28.9. The maximum Gasteiger partial charge on any atom is 0.405 e. The van der Waals surface area contributed by atoms with Crippen LogP contribution in [0, 0.1) is 5.41 Å². The molecular formula is C27H35ClN2O6S. The number of hydrogen-bond acceptors (Lipinski definition) is 6. The Labute approximate surface area is 223 Å². The molecule has 1 atom stereocenters. The van der Waals surface area contributed by atoms with Gasteiger partial charge in [0.05, 0.1) is 6.61 Å². The summed E-state index contributed by atoms with van der Waals surface area (Å²) in [5, 5.41) is 5.93. The molecule has 0 aliphatic carbocycles. The van der Waals surface area contributed by atoms with Gasteiger partial charge in [-0.25, -0.2) is 18.4 Å². The number of ether oxygens (including phenoxy) is 2. The van der Waals surface area contributed by atoms with Crippen LogP contribution in [0.3, 0.4) is 0 Å². The number of sulfonamides is 1. The summed E-state index contributed by atoms with van der Waals surface area (Å²) in [7, 11) is -4.02. The molecule has 8 nitrogen and oxygen atoms in total. The zero-order valence-electron chi connectivity index (χ0n) is 21.5. The number of nitrogens with two attached hydrogens (primary N) is 2. The summed E-state index contributed by atoms with van der Waals surface area (Å²) in [5.41, 5.74) is 6.01. The van der Waals surface area contributed by atoms with Gasteiger partial charge in [0.25, 0.3) is 0 Å². The van der Waals surface area contributed by atoms with E-state index in [1.807, 2.05) is 39.0 Å². The van der Waals surface area contributed by atoms with Gasteiger partial charge in [-0.3, -0.25) is 4.79 Å². The van der Waals surface area contributed by atoms with Crippen molar-refractivity contribution in [1.82, 2.24) is 0 Å². The normalized spacial score (nSPS) is 14.9. The molecule has 1 heterocycles. The van der Waals surface area contributed by atoms with Gasteiger partial charge in [0, 0.05) is 35.3 Å². The number of carbonyl (C=O) groups is 2. The van der Waals surface area contributed by atoms with Gasteiger partial charge in [-0.15, -0.1) is 0 Å². The number of primary amides is 1. The molecule has 1 aliphatic rings. The monoisotopic (exact) mass is 550 g/mol. The Morgan fingerprint density at radius 1 is 1.11 bits per heavy atom. The van der Waals surface area contributed by atoms with Crippen molar-refractivity contribution in [3.05, 3.63) is 58.1 Å². The molecule has 0 saturated carbocycles. The van der Waals surface area contributed by atoms with E-state index in [9.17, 15) is 18.0 Å². The smallest absolute Gasteiger partial charge is 0.405 e. The summed E-state index contributed by atoms with van der Waals surface area (Å²) in [6.45, 7) is 6.34. The van der Waals surface area contributed by atoms with E-state index < -0.39 is 27.1 Å². The van der Waals surface area contributed by atoms with E-state index in [0.29, 0.717) is 61.3 Å². The summed E-state index contributed by atoms with van der Waals surface area (Å²) in [4.78, 5) is 24.7. The molecule has 1 amide bonds. The van der Waals surface area contributed by atoms with Crippen LogP contribution in [0.1, 0.15) is 74.4 Å². The lowest BCUT2D eigenvalue weighted by atomic mass is 9.70. The van der Waals surface area contributed by atoms with Crippen LogP contribution in [-0.2, 0) is 27.6 Å². The molecular weight excluding hydrogens is 516 g/mol. The van der Waals surface area contributed by atoms with Crippen molar-refractivity contribution in [3.8, 4) is 5.75 Å². The zero-order valence-corrected chi connectivity index (χ0v) is 23.1. The van der Waals surface area contributed by atoms with Gasteiger partial charge in [0.1, 0.15) is 16.2 Å². The average Bonchev–Trinajstić information content (AvgIpc) is 3.26. The predicted molar refractivity (Wildman–Crippen MR) is 142 cm³/mol. The molecule has 0 bridgehead atoms. The number of hydrogen-bond donors (Lipinski definition) is 2. The summed E-state index contributed by atoms with van der Waals surface area (Å²) in [5.74, 6) is 0.0803. The van der Waals surface area contributed by atoms with Gasteiger partial charge >= 0.3 is 6.09 Å². The fraction of sp³-hybridized carbons (Fsp3) is 0.481. The largest absolute Gasteiger partial charge is 0.492 e. The maximum atomic E-state index is 12.9. The fourth-order valence-electron chi connectivity index (χ4n) is 4.77. The van der Waals surface area contributed by atoms with Crippen molar-refractivity contribution in [1.29, 1.82) is 0 Å². The molecule has 0 fully saturated rings. The van der Waals surface area contributed by atoms with Gasteiger partial charge in [-0.1, -0.05) is 57.0 Å². The molecule has 0 radical (unpaired) electrons. The molecule has 202 valence electrons. The lowest BCUT2D eigenvalue weighted by molar-refractivity contribution is -0.0722. The van der Waals surface area contributed by atoms with E-state index in [1.54, 1.807) is 12.1 Å². The molecule has 37 heavy (non-hydrogen) atoms. The van der Waals surface area contributed by atoms with E-state index in [2.05, 4.69) is 0 Å². The van der Waals surface area contributed by atoms with Crippen LogP contribution in [0.4, 0.5) is 4.79 Å². The number of rotatable bonds is 11. The minimum atomic E-state index is -4.02. The molecule has 0 spiro atoms. The molecule has 10 heteroatoms. The third kappa shape index (κ3) is 7.03. The molecule has 0 saturated heterocycles. The first-order valence-corrected chi connectivity index (χ1v) is 14.2. The second kappa shape index (κ2) is 11.4. The molecule has 3 rings (SSSR count). The number of Topliss-reactive ketones (excluding diaryl/α,β-unsaturated/α-hetero) is 1. The van der Waals surface area contributed by atoms with Crippen molar-refractivity contribution in [2.24, 2.45) is 16.3 Å². The number of halogens is 1. The summed E-state index contributed by atoms with van der Waals surface area (Å²) in [6.07, 6.45) is 2.83. The number of ketones is 1. The van der Waals surface area contributed by atoms with Crippen LogP contribution in [0.5, 0.6) is 5.75 Å². The van der Waals surface area contributed by atoms with E-state index in [4.69, 9.17) is 31.9 Å². The number of carbonyl (C=O) groups excluding carboxylic acids is 2. The van der Waals surface area contributed by atoms with Gasteiger partial charge in [0.15, 0.2) is 5.78 Å². The fourth-order valence-corrected chi connectivity index (χ4v) is 5.72. The SMILES string of the molecule is CC(C)(C)C(CCCCCC(=O)c1cc2c(c(S(N)(=O)=O)c1)OCC2)(Cc1ccccc1Cl)OC(N)=O. The lowest BCUT2D eigenvalue weighted by Gasteiger charge is -2.44. The first-order chi connectivity index (χ1) is 17.2. The summed E-state index contributed by atoms with van der Waals surface area (Å²) in [6, 6.07) is 10.4. The standard InChI is InChI=1S/C27H35ClN2O6S/c1-26(2,3)27(36-25(29)32,17-19-9-6-7-10-21(19)28)13-8-4-5-11-22(31)20-15-18-12-14-35-24(18)23(16-20)37(30,33)34/h6-7,9-10,15-16H,4-5,8,11-14,17H2,1-3H3,(H2,29,32)(H2,30,33,34). The molecule has 1 aliphatic heterocycles. The van der Waals surface area contributed by atoms with Crippen LogP contribution < -0.4 is 15.6 Å². The Balaban J connectivity index is 1.68. The minimum absolute atomic E-state index is 0.149. The van der Waals surface area contributed by atoms with E-state index in [-0.39, 0.29) is 22.8 Å². The first-order valence-electron chi connectivity index (χ1n) is 12.3. The average molecular weight is 551 g/mol. The van der Waals surface area contributed by atoms with Crippen LogP contribution in [0.15, 0.2) is 41.3 Å². The maximum absolute atomic E-state index is 12.9. The molecule has 2 aromatic rings. The van der Waals surface area contributed by atoms with Crippen molar-refractivity contribution in [3.63, 3.8) is 0 Å². The number of benzene rings is 2. The number of fused-ring (bicyclic) bond motifs is 1. The topological polar surface area (TPSA) is 139 Å². The highest BCUT2D eigenvalue weighted by molar-refractivity contribution is 7.89. The third-order valence-electron chi connectivity index (χ3n) is 6.96. The van der Waals surface area contributed by atoms with Gasteiger partial charge in [0.2, 0.25) is 10.0 Å². The van der Waals surface area contributed by atoms with Crippen molar-refractivity contribution < 1.29 is 27.5 Å². The molecule has 2 aromatic carbocycles.